The van der Waals surface area contributed by atoms with Gasteiger partial charge < -0.3 is 18.6 Å². The minimum atomic E-state index is -0.317. The lowest BCUT2D eigenvalue weighted by Crippen LogP contribution is -2.20. The van der Waals surface area contributed by atoms with E-state index in [4.69, 9.17) is 23.6 Å². The highest BCUT2D eigenvalue weighted by atomic mass is 16.5. The smallest absolute Gasteiger partial charge is 0.282 e. The molecule has 5 rings (SSSR count). The predicted octanol–water partition coefficient (Wildman–Crippen LogP) is 7.01. The van der Waals surface area contributed by atoms with Gasteiger partial charge in [-0.3, -0.25) is 4.79 Å². The molecule has 8 heteroatoms. The highest BCUT2D eigenvalue weighted by molar-refractivity contribution is 5.89. The Morgan fingerprint density at radius 3 is 2.66 bits per heavy atom. The molecule has 0 aliphatic carbocycles. The van der Waals surface area contributed by atoms with Gasteiger partial charge in [0.05, 0.1) is 42.3 Å². The molecule has 210 valence electrons. The topological polar surface area (TPSA) is 88.1 Å². The largest absolute Gasteiger partial charge is 0.496 e. The molecule has 0 unspecified atom stereocenters. The maximum atomic E-state index is 13.7. The Labute approximate surface area is 238 Å². The van der Waals surface area contributed by atoms with Crippen LogP contribution in [0.25, 0.3) is 33.5 Å². The third-order valence-corrected chi connectivity index (χ3v) is 6.75. The Hall–Kier alpha value is -4.85. The number of hydrogen-bond acceptors (Lipinski definition) is 7. The van der Waals surface area contributed by atoms with Crippen LogP contribution in [0, 0.1) is 0 Å². The summed E-state index contributed by atoms with van der Waals surface area (Å²) >= 11 is 0. The third-order valence-electron chi connectivity index (χ3n) is 6.75. The van der Waals surface area contributed by atoms with Crippen LogP contribution in [0.1, 0.15) is 38.3 Å². The summed E-state index contributed by atoms with van der Waals surface area (Å²) in [5, 5.41) is 5.85. The molecule has 2 heterocycles. The Kier molecular flexibility index (Phi) is 8.19. The van der Waals surface area contributed by atoms with Gasteiger partial charge in [0.25, 0.3) is 5.56 Å². The first kappa shape index (κ1) is 27.7. The number of fused-ring (bicyclic) bond motifs is 2. The van der Waals surface area contributed by atoms with E-state index in [9.17, 15) is 4.79 Å². The van der Waals surface area contributed by atoms with Gasteiger partial charge in [-0.05, 0) is 74.7 Å². The summed E-state index contributed by atoms with van der Waals surface area (Å²) in [6.45, 7) is 10.4. The second kappa shape index (κ2) is 12.1. The number of nitrogens with zero attached hydrogens (tertiary/aromatic N) is 3. The molecule has 1 atom stereocenters. The van der Waals surface area contributed by atoms with Crippen molar-refractivity contribution in [1.29, 1.82) is 0 Å². The molecule has 2 aromatic heterocycles. The van der Waals surface area contributed by atoms with Gasteiger partial charge >= 0.3 is 0 Å². The Bertz CT molecular complexity index is 1800. The van der Waals surface area contributed by atoms with Crippen molar-refractivity contribution in [1.82, 2.24) is 9.66 Å². The van der Waals surface area contributed by atoms with Crippen LogP contribution in [0.5, 0.6) is 17.2 Å². The Morgan fingerprint density at radius 1 is 1.07 bits per heavy atom. The summed E-state index contributed by atoms with van der Waals surface area (Å²) in [6, 6.07) is 18.4. The van der Waals surface area contributed by atoms with Crippen molar-refractivity contribution in [2.24, 2.45) is 5.10 Å². The summed E-state index contributed by atoms with van der Waals surface area (Å²) < 4.78 is 25.1. The summed E-state index contributed by atoms with van der Waals surface area (Å²) in [6.07, 6.45) is 4.89. The normalized spacial score (nSPS) is 12.2. The lowest BCUT2D eigenvalue weighted by molar-refractivity contribution is 0.201. The second-order valence-corrected chi connectivity index (χ2v) is 9.57. The zero-order valence-electron chi connectivity index (χ0n) is 23.7. The van der Waals surface area contributed by atoms with Crippen LogP contribution < -0.4 is 19.8 Å². The fourth-order valence-electron chi connectivity index (χ4n) is 4.58. The van der Waals surface area contributed by atoms with Gasteiger partial charge in [0.2, 0.25) is 5.82 Å². The Morgan fingerprint density at radius 2 is 1.90 bits per heavy atom. The predicted molar refractivity (Wildman–Crippen MR) is 163 cm³/mol. The number of allylic oxidation sites excluding steroid dienone is 1. The van der Waals surface area contributed by atoms with Crippen molar-refractivity contribution in [3.63, 3.8) is 0 Å². The van der Waals surface area contributed by atoms with E-state index in [-0.39, 0.29) is 17.5 Å². The highest BCUT2D eigenvalue weighted by Gasteiger charge is 2.19. The number of benzene rings is 3. The van der Waals surface area contributed by atoms with Gasteiger partial charge in [-0.25, -0.2) is 4.98 Å². The van der Waals surface area contributed by atoms with E-state index >= 15 is 0 Å². The van der Waals surface area contributed by atoms with E-state index in [1.807, 2.05) is 62.4 Å². The lowest BCUT2D eigenvalue weighted by Gasteiger charge is -2.20. The van der Waals surface area contributed by atoms with Crippen molar-refractivity contribution < 1.29 is 18.6 Å². The van der Waals surface area contributed by atoms with Crippen LogP contribution in [-0.2, 0) is 6.42 Å². The monoisotopic (exact) mass is 551 g/mol. The van der Waals surface area contributed by atoms with Crippen molar-refractivity contribution >= 4 is 28.1 Å². The molecular weight excluding hydrogens is 518 g/mol. The molecule has 0 saturated heterocycles. The molecule has 0 saturated carbocycles. The number of methoxy groups -OCH3 is 1. The van der Waals surface area contributed by atoms with E-state index in [2.05, 4.69) is 18.6 Å². The van der Waals surface area contributed by atoms with E-state index in [0.717, 1.165) is 22.9 Å². The van der Waals surface area contributed by atoms with Crippen molar-refractivity contribution in [3.8, 4) is 28.8 Å². The van der Waals surface area contributed by atoms with E-state index in [1.54, 1.807) is 31.5 Å². The highest BCUT2D eigenvalue weighted by Crippen LogP contribution is 2.35. The molecule has 0 aliphatic heterocycles. The SMILES string of the molecule is C=CCc1cc(C=Nn2c(-c3cc4c(OC)cccc4o3)nc3ccccc3c2=O)cc(OCC)c1O[C@@H](C)CC. The molecule has 3 aromatic carbocycles. The maximum Gasteiger partial charge on any atom is 0.282 e. The molecule has 8 nitrogen and oxygen atoms in total. The first-order chi connectivity index (χ1) is 20.0. The summed E-state index contributed by atoms with van der Waals surface area (Å²) in [7, 11) is 1.60. The zero-order valence-corrected chi connectivity index (χ0v) is 23.7. The van der Waals surface area contributed by atoms with Crippen LogP contribution in [-0.4, -0.2) is 35.7 Å². The van der Waals surface area contributed by atoms with Crippen molar-refractivity contribution in [2.45, 2.75) is 39.7 Å². The number of aromatic nitrogens is 2. The Balaban J connectivity index is 1.67. The molecule has 0 fully saturated rings. The first-order valence-corrected chi connectivity index (χ1v) is 13.7. The number of hydrogen-bond donors (Lipinski definition) is 0. The van der Waals surface area contributed by atoms with E-state index in [1.165, 1.54) is 4.68 Å². The second-order valence-electron chi connectivity index (χ2n) is 9.57. The van der Waals surface area contributed by atoms with Gasteiger partial charge in [0.15, 0.2) is 17.3 Å². The number of ether oxygens (including phenoxy) is 3. The summed E-state index contributed by atoms with van der Waals surface area (Å²) in [4.78, 5) is 18.5. The zero-order chi connectivity index (χ0) is 28.9. The summed E-state index contributed by atoms with van der Waals surface area (Å²) in [5.74, 6) is 2.64. The fraction of sp³-hybridized carbons (Fsp3) is 0.242. The van der Waals surface area contributed by atoms with Gasteiger partial charge in [-0.1, -0.05) is 31.2 Å². The molecule has 0 amide bonds. The van der Waals surface area contributed by atoms with Crippen LogP contribution in [0.4, 0.5) is 0 Å². The van der Waals surface area contributed by atoms with Gasteiger partial charge in [0, 0.05) is 5.56 Å². The van der Waals surface area contributed by atoms with Crippen LogP contribution in [0.3, 0.4) is 0 Å². The molecule has 0 radical (unpaired) electrons. The minimum absolute atomic E-state index is 0.0181. The van der Waals surface area contributed by atoms with Crippen molar-refractivity contribution in [2.75, 3.05) is 13.7 Å². The van der Waals surface area contributed by atoms with Gasteiger partial charge in [-0.2, -0.15) is 9.78 Å². The van der Waals surface area contributed by atoms with Gasteiger partial charge in [-0.15, -0.1) is 6.58 Å². The number of furan rings is 1. The first-order valence-electron chi connectivity index (χ1n) is 13.7. The molecule has 0 spiro atoms. The maximum absolute atomic E-state index is 13.7. The quantitative estimate of drug-likeness (QED) is 0.130. The van der Waals surface area contributed by atoms with Crippen LogP contribution in [0.15, 0.2) is 87.6 Å². The number of rotatable bonds is 11. The molecule has 0 N–H and O–H groups in total. The van der Waals surface area contributed by atoms with Crippen molar-refractivity contribution in [3.05, 3.63) is 94.8 Å². The lowest BCUT2D eigenvalue weighted by atomic mass is 10.1. The molecule has 0 aliphatic rings. The molecular formula is C33H33N3O5. The van der Waals surface area contributed by atoms with Crippen LogP contribution in [0.2, 0.25) is 0 Å². The molecule has 41 heavy (non-hydrogen) atoms. The molecule has 5 aromatic rings. The fourth-order valence-corrected chi connectivity index (χ4v) is 4.58. The van der Waals surface area contributed by atoms with Crippen LogP contribution >= 0.6 is 0 Å². The minimum Gasteiger partial charge on any atom is -0.496 e. The third kappa shape index (κ3) is 5.59. The molecule has 0 bridgehead atoms. The van der Waals surface area contributed by atoms with E-state index in [0.29, 0.717) is 52.5 Å². The summed E-state index contributed by atoms with van der Waals surface area (Å²) in [5.41, 5.74) is 2.50. The van der Waals surface area contributed by atoms with Gasteiger partial charge in [0.1, 0.15) is 11.3 Å². The average molecular weight is 552 g/mol. The standard InChI is InChI=1S/C33H33N3O5/c1-6-12-23-17-22(18-29(39-8-3)31(23)40-21(4)7-2)20-34-36-32(35-26-14-10-9-13-24(26)33(36)37)30-19-25-27(38-5)15-11-16-28(25)41-30/h6,9-11,13-21H,1,7-8,12H2,2-5H3/t21-/m0/s1. The average Bonchev–Trinajstić information content (AvgIpc) is 3.43. The van der Waals surface area contributed by atoms with E-state index < -0.39 is 0 Å². The number of para-hydroxylation sites is 1.